The summed E-state index contributed by atoms with van der Waals surface area (Å²) < 4.78 is 4.73. The normalized spacial score (nSPS) is 10.0. The van der Waals surface area contributed by atoms with Crippen LogP contribution < -0.4 is 5.73 Å². The van der Waals surface area contributed by atoms with Crippen molar-refractivity contribution in [3.63, 3.8) is 0 Å². The van der Waals surface area contributed by atoms with Gasteiger partial charge >= 0.3 is 5.97 Å². The molecule has 1 aromatic rings. The number of carbonyl (C=O) groups excluding carboxylic acids is 1. The highest BCUT2D eigenvalue weighted by molar-refractivity contribution is 5.87. The standard InChI is InChI=1S/C12H12N2O2/c1-2-16-12(15)6-4-9-3-5-11(14)10(7-9)8-13/h3-7H,2,14H2,1H3. The molecule has 0 aliphatic rings. The molecular weight excluding hydrogens is 204 g/mol. The summed E-state index contributed by atoms with van der Waals surface area (Å²) in [5, 5.41) is 8.76. The van der Waals surface area contributed by atoms with Gasteiger partial charge in [-0.05, 0) is 30.7 Å². The molecule has 0 heterocycles. The molecule has 0 amide bonds. The van der Waals surface area contributed by atoms with Crippen LogP contribution in [0.25, 0.3) is 6.08 Å². The number of hydrogen-bond donors (Lipinski definition) is 1. The Kier molecular flexibility index (Phi) is 4.10. The van der Waals surface area contributed by atoms with Gasteiger partial charge in [0.05, 0.1) is 12.2 Å². The van der Waals surface area contributed by atoms with Gasteiger partial charge in [0.2, 0.25) is 0 Å². The number of ether oxygens (including phenoxy) is 1. The topological polar surface area (TPSA) is 76.1 Å². The molecule has 82 valence electrons. The Hall–Kier alpha value is -2.28. The van der Waals surface area contributed by atoms with Crippen LogP contribution in [-0.4, -0.2) is 12.6 Å². The van der Waals surface area contributed by atoms with Crippen LogP contribution in [0.5, 0.6) is 0 Å². The van der Waals surface area contributed by atoms with Gasteiger partial charge < -0.3 is 10.5 Å². The number of hydrogen-bond acceptors (Lipinski definition) is 4. The lowest BCUT2D eigenvalue weighted by Crippen LogP contribution is -1.98. The molecule has 0 unspecified atom stereocenters. The minimum absolute atomic E-state index is 0.342. The van der Waals surface area contributed by atoms with Gasteiger partial charge in [-0.1, -0.05) is 6.07 Å². The van der Waals surface area contributed by atoms with E-state index in [1.165, 1.54) is 6.08 Å². The van der Waals surface area contributed by atoms with E-state index in [9.17, 15) is 4.79 Å². The summed E-state index contributed by atoms with van der Waals surface area (Å²) in [6, 6.07) is 6.95. The quantitative estimate of drug-likeness (QED) is 0.474. The molecule has 0 spiro atoms. The Morgan fingerprint density at radius 1 is 1.62 bits per heavy atom. The maximum atomic E-state index is 11.0. The Labute approximate surface area is 93.9 Å². The average Bonchev–Trinajstić information content (AvgIpc) is 2.28. The van der Waals surface area contributed by atoms with E-state index in [4.69, 9.17) is 15.7 Å². The minimum Gasteiger partial charge on any atom is -0.463 e. The van der Waals surface area contributed by atoms with E-state index in [0.29, 0.717) is 17.9 Å². The highest BCUT2D eigenvalue weighted by Gasteiger charge is 1.99. The molecule has 0 aromatic heterocycles. The van der Waals surface area contributed by atoms with Crippen LogP contribution >= 0.6 is 0 Å². The van der Waals surface area contributed by atoms with Gasteiger partial charge in [0.25, 0.3) is 0 Å². The molecule has 0 aliphatic heterocycles. The van der Waals surface area contributed by atoms with Crippen molar-refractivity contribution in [2.75, 3.05) is 12.3 Å². The van der Waals surface area contributed by atoms with Crippen LogP contribution in [0.3, 0.4) is 0 Å². The van der Waals surface area contributed by atoms with Crippen molar-refractivity contribution in [3.8, 4) is 6.07 Å². The fourth-order valence-corrected chi connectivity index (χ4v) is 1.13. The monoisotopic (exact) mass is 216 g/mol. The number of esters is 1. The van der Waals surface area contributed by atoms with E-state index in [2.05, 4.69) is 0 Å². The summed E-state index contributed by atoms with van der Waals surface area (Å²) in [5.74, 6) is -0.405. The van der Waals surface area contributed by atoms with E-state index in [0.717, 1.165) is 5.56 Å². The Bertz CT molecular complexity index is 459. The molecule has 0 aliphatic carbocycles. The number of rotatable bonds is 3. The van der Waals surface area contributed by atoms with Gasteiger partial charge in [-0.2, -0.15) is 5.26 Å². The number of anilines is 1. The summed E-state index contributed by atoms with van der Waals surface area (Å²) in [6.07, 6.45) is 2.90. The van der Waals surface area contributed by atoms with E-state index in [-0.39, 0.29) is 0 Å². The van der Waals surface area contributed by atoms with Crippen molar-refractivity contribution in [3.05, 3.63) is 35.4 Å². The molecular formula is C12H12N2O2. The SMILES string of the molecule is CCOC(=O)C=Cc1ccc(N)c(C#N)c1. The van der Waals surface area contributed by atoms with E-state index >= 15 is 0 Å². The molecule has 0 atom stereocenters. The predicted molar refractivity (Wildman–Crippen MR) is 61.2 cm³/mol. The van der Waals surface area contributed by atoms with Crippen LogP contribution in [0.4, 0.5) is 5.69 Å². The first-order valence-corrected chi connectivity index (χ1v) is 4.82. The number of nitrogen functional groups attached to an aromatic ring is 1. The van der Waals surface area contributed by atoms with Crippen LogP contribution in [0.15, 0.2) is 24.3 Å². The highest BCUT2D eigenvalue weighted by Crippen LogP contribution is 2.13. The average molecular weight is 216 g/mol. The zero-order valence-corrected chi connectivity index (χ0v) is 8.93. The van der Waals surface area contributed by atoms with Crippen LogP contribution in [-0.2, 0) is 9.53 Å². The van der Waals surface area contributed by atoms with Crippen molar-refractivity contribution >= 4 is 17.7 Å². The van der Waals surface area contributed by atoms with E-state index < -0.39 is 5.97 Å². The fraction of sp³-hybridized carbons (Fsp3) is 0.167. The first-order valence-electron chi connectivity index (χ1n) is 4.82. The molecule has 0 saturated heterocycles. The maximum absolute atomic E-state index is 11.0. The molecule has 0 bridgehead atoms. The van der Waals surface area contributed by atoms with Gasteiger partial charge in [-0.15, -0.1) is 0 Å². The second-order valence-electron chi connectivity index (χ2n) is 3.04. The molecule has 0 radical (unpaired) electrons. The van der Waals surface area contributed by atoms with E-state index in [1.807, 2.05) is 6.07 Å². The minimum atomic E-state index is -0.405. The molecule has 1 rings (SSSR count). The zero-order valence-electron chi connectivity index (χ0n) is 8.93. The lowest BCUT2D eigenvalue weighted by Gasteiger charge is -1.99. The third-order valence-electron chi connectivity index (χ3n) is 1.90. The predicted octanol–water partition coefficient (Wildman–Crippen LogP) is 1.72. The van der Waals surface area contributed by atoms with Gasteiger partial charge in [-0.3, -0.25) is 0 Å². The van der Waals surface area contributed by atoms with Crippen molar-refractivity contribution in [2.24, 2.45) is 0 Å². The summed E-state index contributed by atoms with van der Waals surface area (Å²) in [4.78, 5) is 11.0. The third kappa shape index (κ3) is 3.14. The zero-order chi connectivity index (χ0) is 12.0. The molecule has 1 aromatic carbocycles. The summed E-state index contributed by atoms with van der Waals surface area (Å²) in [5.41, 5.74) is 7.12. The summed E-state index contributed by atoms with van der Waals surface area (Å²) in [7, 11) is 0. The lowest BCUT2D eigenvalue weighted by atomic mass is 10.1. The number of nitrogens with zero attached hydrogens (tertiary/aromatic N) is 1. The Morgan fingerprint density at radius 3 is 3.00 bits per heavy atom. The largest absolute Gasteiger partial charge is 0.463 e. The summed E-state index contributed by atoms with van der Waals surface area (Å²) in [6.45, 7) is 2.08. The van der Waals surface area contributed by atoms with E-state index in [1.54, 1.807) is 31.2 Å². The molecule has 4 heteroatoms. The maximum Gasteiger partial charge on any atom is 0.330 e. The number of nitrogens with two attached hydrogens (primary N) is 1. The smallest absolute Gasteiger partial charge is 0.330 e. The number of nitriles is 1. The van der Waals surface area contributed by atoms with Crippen molar-refractivity contribution in [1.29, 1.82) is 5.26 Å². The lowest BCUT2D eigenvalue weighted by molar-refractivity contribution is -0.137. The van der Waals surface area contributed by atoms with Crippen molar-refractivity contribution in [1.82, 2.24) is 0 Å². The van der Waals surface area contributed by atoms with Crippen LogP contribution in [0, 0.1) is 11.3 Å². The highest BCUT2D eigenvalue weighted by atomic mass is 16.5. The second-order valence-corrected chi connectivity index (χ2v) is 3.04. The van der Waals surface area contributed by atoms with Gasteiger partial charge in [0.15, 0.2) is 0 Å². The first kappa shape index (κ1) is 11.8. The molecule has 2 N–H and O–H groups in total. The Morgan fingerprint density at radius 2 is 2.38 bits per heavy atom. The van der Waals surface area contributed by atoms with Gasteiger partial charge in [0, 0.05) is 11.8 Å². The van der Waals surface area contributed by atoms with Gasteiger partial charge in [-0.25, -0.2) is 4.79 Å². The van der Waals surface area contributed by atoms with Crippen molar-refractivity contribution in [2.45, 2.75) is 6.92 Å². The van der Waals surface area contributed by atoms with Crippen LogP contribution in [0.1, 0.15) is 18.1 Å². The second kappa shape index (κ2) is 5.56. The Balaban J connectivity index is 2.83. The fourth-order valence-electron chi connectivity index (χ4n) is 1.13. The molecule has 4 nitrogen and oxygen atoms in total. The molecule has 0 saturated carbocycles. The van der Waals surface area contributed by atoms with Crippen molar-refractivity contribution < 1.29 is 9.53 Å². The third-order valence-corrected chi connectivity index (χ3v) is 1.90. The first-order chi connectivity index (χ1) is 7.67. The van der Waals surface area contributed by atoms with Crippen LogP contribution in [0.2, 0.25) is 0 Å². The molecule has 0 fully saturated rings. The number of benzene rings is 1. The summed E-state index contributed by atoms with van der Waals surface area (Å²) >= 11 is 0. The number of carbonyl (C=O) groups is 1. The van der Waals surface area contributed by atoms with Gasteiger partial charge in [0.1, 0.15) is 6.07 Å². The molecule has 16 heavy (non-hydrogen) atoms.